The van der Waals surface area contributed by atoms with Crippen LogP contribution >= 0.6 is 11.6 Å². The van der Waals surface area contributed by atoms with Gasteiger partial charge in [0.1, 0.15) is 10.8 Å². The number of nitrogens with zero attached hydrogens (tertiary/aromatic N) is 5. The molecule has 2 aromatic heterocycles. The van der Waals surface area contributed by atoms with Crippen LogP contribution in [0, 0.1) is 0 Å². The number of anilines is 1. The highest BCUT2D eigenvalue weighted by molar-refractivity contribution is 6.29. The van der Waals surface area contributed by atoms with Crippen LogP contribution < -0.4 is 4.90 Å². The van der Waals surface area contributed by atoms with Crippen molar-refractivity contribution in [2.24, 2.45) is 0 Å². The minimum atomic E-state index is -0.0242. The fourth-order valence-corrected chi connectivity index (χ4v) is 4.13. The van der Waals surface area contributed by atoms with Crippen LogP contribution in [0.3, 0.4) is 0 Å². The Bertz CT molecular complexity index is 1250. The van der Waals surface area contributed by atoms with Gasteiger partial charge in [-0.1, -0.05) is 54.1 Å². The first-order chi connectivity index (χ1) is 15.7. The molecule has 0 radical (unpaired) electrons. The molecule has 7 heteroatoms. The highest BCUT2D eigenvalue weighted by atomic mass is 35.5. The monoisotopic (exact) mass is 443 g/mol. The van der Waals surface area contributed by atoms with Crippen molar-refractivity contribution in [1.29, 1.82) is 0 Å². The zero-order valence-corrected chi connectivity index (χ0v) is 18.2. The molecule has 4 aromatic rings. The summed E-state index contributed by atoms with van der Waals surface area (Å²) in [6, 6.07) is 21.4. The number of amides is 1. The largest absolute Gasteiger partial charge is 0.353 e. The van der Waals surface area contributed by atoms with Crippen LogP contribution in [0.2, 0.25) is 5.15 Å². The molecule has 0 unspecified atom stereocenters. The molecule has 160 valence electrons. The third-order valence-corrected chi connectivity index (χ3v) is 5.88. The molecule has 0 N–H and O–H groups in total. The molecular formula is C25H22ClN5O. The second-order valence-electron chi connectivity index (χ2n) is 7.75. The number of carbonyl (C=O) groups excluding carboxylic acids is 1. The molecule has 6 nitrogen and oxygen atoms in total. The molecular weight excluding hydrogens is 422 g/mol. The number of hydrogen-bond acceptors (Lipinski definition) is 5. The van der Waals surface area contributed by atoms with Gasteiger partial charge in [-0.25, -0.2) is 15.0 Å². The summed E-state index contributed by atoms with van der Waals surface area (Å²) in [7, 11) is 0. The van der Waals surface area contributed by atoms with Crippen LogP contribution in [0.4, 0.5) is 5.82 Å². The number of halogens is 1. The predicted molar refractivity (Wildman–Crippen MR) is 127 cm³/mol. The van der Waals surface area contributed by atoms with E-state index in [0.717, 1.165) is 41.1 Å². The third-order valence-electron chi connectivity index (χ3n) is 5.66. The first-order valence-corrected chi connectivity index (χ1v) is 11.0. The molecule has 1 aliphatic rings. The van der Waals surface area contributed by atoms with E-state index < -0.39 is 0 Å². The smallest absolute Gasteiger partial charge is 0.255 e. The topological polar surface area (TPSA) is 62.2 Å². The van der Waals surface area contributed by atoms with Crippen molar-refractivity contribution in [2.45, 2.75) is 6.42 Å². The summed E-state index contributed by atoms with van der Waals surface area (Å²) in [6.07, 6.45) is 2.38. The molecule has 0 saturated carbocycles. The molecule has 1 aliphatic heterocycles. The van der Waals surface area contributed by atoms with E-state index in [1.165, 1.54) is 6.20 Å². The highest BCUT2D eigenvalue weighted by Crippen LogP contribution is 2.30. The molecule has 32 heavy (non-hydrogen) atoms. The lowest BCUT2D eigenvalue weighted by Crippen LogP contribution is -2.35. The summed E-state index contributed by atoms with van der Waals surface area (Å²) < 4.78 is 0. The maximum absolute atomic E-state index is 13.0. The van der Waals surface area contributed by atoms with E-state index in [9.17, 15) is 4.79 Å². The lowest BCUT2D eigenvalue weighted by atomic mass is 10.1. The molecule has 5 rings (SSSR count). The van der Waals surface area contributed by atoms with E-state index >= 15 is 0 Å². The molecule has 0 aliphatic carbocycles. The fourth-order valence-electron chi connectivity index (χ4n) is 4.02. The van der Waals surface area contributed by atoms with Crippen molar-refractivity contribution >= 4 is 34.4 Å². The Balaban J connectivity index is 1.45. The third kappa shape index (κ3) is 4.14. The van der Waals surface area contributed by atoms with Crippen LogP contribution in [-0.4, -0.2) is 51.9 Å². The van der Waals surface area contributed by atoms with E-state index in [1.54, 1.807) is 12.1 Å². The molecule has 2 aromatic carbocycles. The van der Waals surface area contributed by atoms with Gasteiger partial charge >= 0.3 is 0 Å². The van der Waals surface area contributed by atoms with Crippen molar-refractivity contribution in [1.82, 2.24) is 19.9 Å². The number of fused-ring (bicyclic) bond motifs is 1. The fraction of sp³-hybridized carbons (Fsp3) is 0.200. The van der Waals surface area contributed by atoms with Crippen molar-refractivity contribution in [3.8, 4) is 11.3 Å². The quantitative estimate of drug-likeness (QED) is 0.429. The minimum absolute atomic E-state index is 0.0242. The van der Waals surface area contributed by atoms with Gasteiger partial charge in [0.25, 0.3) is 5.91 Å². The predicted octanol–water partition coefficient (Wildman–Crippen LogP) is 4.70. The first kappa shape index (κ1) is 20.4. The Hall–Kier alpha value is -3.51. The normalized spacial score (nSPS) is 14.4. The zero-order chi connectivity index (χ0) is 21.9. The standard InChI is InChI=1S/C25H22ClN5O/c26-22-12-11-19(17-27-22)25(32)31-14-6-13-30(15-16-31)24-23(18-7-2-1-3-8-18)28-20-9-4-5-10-21(20)29-24/h1-5,7-12,17H,6,13-16H2. The van der Waals surface area contributed by atoms with Gasteiger partial charge in [-0.3, -0.25) is 4.79 Å². The second-order valence-corrected chi connectivity index (χ2v) is 8.14. The molecule has 1 saturated heterocycles. The first-order valence-electron chi connectivity index (χ1n) is 10.7. The lowest BCUT2D eigenvalue weighted by molar-refractivity contribution is 0.0766. The average Bonchev–Trinajstić information content (AvgIpc) is 3.10. The number of carbonyl (C=O) groups is 1. The Morgan fingerprint density at radius 1 is 0.812 bits per heavy atom. The summed E-state index contributed by atoms with van der Waals surface area (Å²) in [5.41, 5.74) is 4.19. The number of aromatic nitrogens is 3. The second kappa shape index (κ2) is 8.93. The van der Waals surface area contributed by atoms with Crippen molar-refractivity contribution < 1.29 is 4.79 Å². The summed E-state index contributed by atoms with van der Waals surface area (Å²) >= 11 is 5.87. The number of pyridine rings is 1. The maximum atomic E-state index is 13.0. The van der Waals surface area contributed by atoms with E-state index in [4.69, 9.17) is 21.6 Å². The zero-order valence-electron chi connectivity index (χ0n) is 17.5. The van der Waals surface area contributed by atoms with Gasteiger partial charge in [-0.05, 0) is 30.7 Å². The van der Waals surface area contributed by atoms with Crippen molar-refractivity contribution in [3.05, 3.63) is 83.6 Å². The SMILES string of the molecule is O=C(c1ccc(Cl)nc1)N1CCCN(c2nc3ccccc3nc2-c2ccccc2)CC1. The van der Waals surface area contributed by atoms with Crippen LogP contribution in [-0.2, 0) is 0 Å². The summed E-state index contributed by atoms with van der Waals surface area (Å²) in [6.45, 7) is 2.76. The van der Waals surface area contributed by atoms with Gasteiger partial charge in [0.05, 0.1) is 16.6 Å². The van der Waals surface area contributed by atoms with Gasteiger partial charge in [-0.2, -0.15) is 0 Å². The molecule has 0 spiro atoms. The number of hydrogen-bond donors (Lipinski definition) is 0. The molecule has 0 atom stereocenters. The molecule has 1 fully saturated rings. The maximum Gasteiger partial charge on any atom is 0.255 e. The lowest BCUT2D eigenvalue weighted by Gasteiger charge is -2.25. The van der Waals surface area contributed by atoms with E-state index in [2.05, 4.69) is 22.0 Å². The van der Waals surface area contributed by atoms with Gasteiger partial charge in [-0.15, -0.1) is 0 Å². The van der Waals surface area contributed by atoms with Crippen LogP contribution in [0.1, 0.15) is 16.8 Å². The average molecular weight is 444 g/mol. The van der Waals surface area contributed by atoms with Crippen molar-refractivity contribution in [2.75, 3.05) is 31.1 Å². The number of para-hydroxylation sites is 2. The van der Waals surface area contributed by atoms with E-state index in [1.807, 2.05) is 47.4 Å². The molecule has 0 bridgehead atoms. The van der Waals surface area contributed by atoms with Crippen LogP contribution in [0.5, 0.6) is 0 Å². The molecule has 3 heterocycles. The van der Waals surface area contributed by atoms with Gasteiger partial charge in [0.2, 0.25) is 0 Å². The summed E-state index contributed by atoms with van der Waals surface area (Å²) in [4.78, 5) is 31.1. The Morgan fingerprint density at radius 2 is 1.56 bits per heavy atom. The minimum Gasteiger partial charge on any atom is -0.353 e. The Labute approximate surface area is 191 Å². The summed E-state index contributed by atoms with van der Waals surface area (Å²) in [5, 5.41) is 0.381. The van der Waals surface area contributed by atoms with Gasteiger partial charge in [0, 0.05) is 37.9 Å². The van der Waals surface area contributed by atoms with E-state index in [0.29, 0.717) is 30.4 Å². The summed E-state index contributed by atoms with van der Waals surface area (Å²) in [5.74, 6) is 0.834. The van der Waals surface area contributed by atoms with E-state index in [-0.39, 0.29) is 5.91 Å². The Kier molecular flexibility index (Phi) is 5.69. The van der Waals surface area contributed by atoms with Crippen molar-refractivity contribution in [3.63, 3.8) is 0 Å². The number of rotatable bonds is 3. The van der Waals surface area contributed by atoms with Crippen LogP contribution in [0.15, 0.2) is 72.9 Å². The number of benzene rings is 2. The Morgan fingerprint density at radius 3 is 2.31 bits per heavy atom. The molecule has 1 amide bonds. The highest BCUT2D eigenvalue weighted by Gasteiger charge is 2.24. The van der Waals surface area contributed by atoms with Gasteiger partial charge < -0.3 is 9.80 Å². The van der Waals surface area contributed by atoms with Crippen LogP contribution in [0.25, 0.3) is 22.3 Å². The van der Waals surface area contributed by atoms with Gasteiger partial charge in [0.15, 0.2) is 5.82 Å².